The SMILES string of the molecule is Fc1ccc(CNCCOCC(F)(F)F)cc1F. The average molecular weight is 269 g/mol. The first-order valence-electron chi connectivity index (χ1n) is 5.17. The van der Waals surface area contributed by atoms with E-state index in [1.807, 2.05) is 0 Å². The summed E-state index contributed by atoms with van der Waals surface area (Å²) in [5, 5.41) is 2.75. The third-order valence-electron chi connectivity index (χ3n) is 2.00. The van der Waals surface area contributed by atoms with E-state index in [4.69, 9.17) is 0 Å². The van der Waals surface area contributed by atoms with E-state index in [1.54, 1.807) is 0 Å². The van der Waals surface area contributed by atoms with Crippen molar-refractivity contribution >= 4 is 0 Å². The quantitative estimate of drug-likeness (QED) is 0.633. The maximum absolute atomic E-state index is 12.8. The topological polar surface area (TPSA) is 21.3 Å². The molecule has 0 unspecified atom stereocenters. The lowest BCUT2D eigenvalue weighted by Gasteiger charge is -2.08. The van der Waals surface area contributed by atoms with E-state index in [0.29, 0.717) is 5.56 Å². The molecule has 0 spiro atoms. The van der Waals surface area contributed by atoms with E-state index in [9.17, 15) is 22.0 Å². The van der Waals surface area contributed by atoms with E-state index in [1.165, 1.54) is 6.07 Å². The first kappa shape index (κ1) is 14.8. The standard InChI is InChI=1S/C11H12F5NO/c12-9-2-1-8(5-10(9)13)6-17-3-4-18-7-11(14,15)16/h1-2,5,17H,3-4,6-7H2. The van der Waals surface area contributed by atoms with Crippen LogP contribution in [-0.2, 0) is 11.3 Å². The lowest BCUT2D eigenvalue weighted by atomic mass is 10.2. The van der Waals surface area contributed by atoms with Crippen molar-refractivity contribution in [2.75, 3.05) is 19.8 Å². The van der Waals surface area contributed by atoms with Crippen LogP contribution in [0, 0.1) is 11.6 Å². The Morgan fingerprint density at radius 3 is 2.44 bits per heavy atom. The van der Waals surface area contributed by atoms with Crippen molar-refractivity contribution < 1.29 is 26.7 Å². The summed E-state index contributed by atoms with van der Waals surface area (Å²) >= 11 is 0. The zero-order chi connectivity index (χ0) is 13.6. The normalized spacial score (nSPS) is 11.8. The highest BCUT2D eigenvalue weighted by molar-refractivity contribution is 5.17. The average Bonchev–Trinajstić information content (AvgIpc) is 2.26. The summed E-state index contributed by atoms with van der Waals surface area (Å²) in [5.74, 6) is -1.89. The van der Waals surface area contributed by atoms with Gasteiger partial charge in [0.05, 0.1) is 6.61 Å². The molecule has 0 bridgehead atoms. The molecule has 1 N–H and O–H groups in total. The van der Waals surface area contributed by atoms with Gasteiger partial charge in [-0.15, -0.1) is 0 Å². The van der Waals surface area contributed by atoms with Gasteiger partial charge in [0, 0.05) is 13.1 Å². The molecule has 1 aromatic carbocycles. The Labute approximate surface area is 101 Å². The minimum absolute atomic E-state index is 0.108. The predicted molar refractivity (Wildman–Crippen MR) is 54.9 cm³/mol. The maximum Gasteiger partial charge on any atom is 0.411 e. The predicted octanol–water partition coefficient (Wildman–Crippen LogP) is 2.63. The minimum atomic E-state index is -4.33. The second-order valence-corrected chi connectivity index (χ2v) is 3.59. The maximum atomic E-state index is 12.8. The Balaban J connectivity index is 2.16. The van der Waals surface area contributed by atoms with Gasteiger partial charge < -0.3 is 10.1 Å². The van der Waals surface area contributed by atoms with E-state index in [-0.39, 0.29) is 19.7 Å². The summed E-state index contributed by atoms with van der Waals surface area (Å²) in [7, 11) is 0. The molecule has 0 aliphatic rings. The van der Waals surface area contributed by atoms with Gasteiger partial charge in [-0.25, -0.2) is 8.78 Å². The fourth-order valence-electron chi connectivity index (χ4n) is 1.21. The van der Waals surface area contributed by atoms with Crippen molar-refractivity contribution in [2.45, 2.75) is 12.7 Å². The third-order valence-corrected chi connectivity index (χ3v) is 2.00. The van der Waals surface area contributed by atoms with Gasteiger partial charge in [-0.3, -0.25) is 0 Å². The van der Waals surface area contributed by atoms with Crippen LogP contribution in [-0.4, -0.2) is 25.9 Å². The van der Waals surface area contributed by atoms with Gasteiger partial charge in [0.25, 0.3) is 0 Å². The number of nitrogens with one attached hydrogen (secondary N) is 1. The van der Waals surface area contributed by atoms with E-state index < -0.39 is 24.4 Å². The summed E-state index contributed by atoms with van der Waals surface area (Å²) in [6, 6.07) is 3.41. The van der Waals surface area contributed by atoms with Gasteiger partial charge in [0.15, 0.2) is 11.6 Å². The molecule has 18 heavy (non-hydrogen) atoms. The fraction of sp³-hybridized carbons (Fsp3) is 0.455. The number of hydrogen-bond acceptors (Lipinski definition) is 2. The van der Waals surface area contributed by atoms with Crippen LogP contribution in [0.4, 0.5) is 22.0 Å². The van der Waals surface area contributed by atoms with Crippen LogP contribution in [0.25, 0.3) is 0 Å². The van der Waals surface area contributed by atoms with Crippen molar-refractivity contribution in [3.63, 3.8) is 0 Å². The van der Waals surface area contributed by atoms with Gasteiger partial charge in [-0.2, -0.15) is 13.2 Å². The Kier molecular flexibility index (Phi) is 5.49. The molecule has 0 aliphatic heterocycles. The van der Waals surface area contributed by atoms with Crippen molar-refractivity contribution in [3.05, 3.63) is 35.4 Å². The molecule has 2 nitrogen and oxygen atoms in total. The van der Waals surface area contributed by atoms with Gasteiger partial charge >= 0.3 is 6.18 Å². The van der Waals surface area contributed by atoms with Crippen molar-refractivity contribution in [2.24, 2.45) is 0 Å². The highest BCUT2D eigenvalue weighted by Gasteiger charge is 2.27. The number of halogens is 5. The van der Waals surface area contributed by atoms with Gasteiger partial charge in [-0.1, -0.05) is 6.07 Å². The van der Waals surface area contributed by atoms with Crippen LogP contribution in [0.2, 0.25) is 0 Å². The molecule has 102 valence electrons. The van der Waals surface area contributed by atoms with Crippen molar-refractivity contribution in [1.82, 2.24) is 5.32 Å². The smallest absolute Gasteiger partial charge is 0.371 e. The van der Waals surface area contributed by atoms with E-state index >= 15 is 0 Å². The second-order valence-electron chi connectivity index (χ2n) is 3.59. The lowest BCUT2D eigenvalue weighted by molar-refractivity contribution is -0.173. The number of hydrogen-bond donors (Lipinski definition) is 1. The number of alkyl halides is 3. The second kappa shape index (κ2) is 6.65. The largest absolute Gasteiger partial charge is 0.411 e. The highest BCUT2D eigenvalue weighted by Crippen LogP contribution is 2.14. The van der Waals surface area contributed by atoms with Gasteiger partial charge in [0.2, 0.25) is 0 Å². The molecule has 0 radical (unpaired) electrons. The molecule has 0 saturated carbocycles. The summed E-state index contributed by atoms with van der Waals surface area (Å²) in [4.78, 5) is 0. The van der Waals surface area contributed by atoms with Crippen LogP contribution < -0.4 is 5.32 Å². The van der Waals surface area contributed by atoms with Crippen molar-refractivity contribution in [3.8, 4) is 0 Å². The molecule has 1 aromatic rings. The summed E-state index contributed by atoms with van der Waals surface area (Å²) in [5.41, 5.74) is 0.504. The molecule has 0 aliphatic carbocycles. The highest BCUT2D eigenvalue weighted by atomic mass is 19.4. The third kappa shape index (κ3) is 5.92. The first-order valence-corrected chi connectivity index (χ1v) is 5.17. The number of ether oxygens (including phenoxy) is 1. The zero-order valence-electron chi connectivity index (χ0n) is 9.36. The Morgan fingerprint density at radius 1 is 1.11 bits per heavy atom. The zero-order valence-corrected chi connectivity index (χ0v) is 9.36. The molecule has 0 aromatic heterocycles. The number of benzene rings is 1. The lowest BCUT2D eigenvalue weighted by Crippen LogP contribution is -2.23. The minimum Gasteiger partial charge on any atom is -0.371 e. The Bertz CT molecular complexity index is 380. The molecule has 0 fully saturated rings. The van der Waals surface area contributed by atoms with E-state index in [0.717, 1.165) is 12.1 Å². The molecule has 1 rings (SSSR count). The summed E-state index contributed by atoms with van der Waals surface area (Å²) < 4.78 is 64.8. The molecule has 0 atom stereocenters. The fourth-order valence-corrected chi connectivity index (χ4v) is 1.21. The van der Waals surface area contributed by atoms with Crippen LogP contribution in [0.3, 0.4) is 0 Å². The molecule has 0 saturated heterocycles. The van der Waals surface area contributed by atoms with Crippen LogP contribution in [0.1, 0.15) is 5.56 Å². The Morgan fingerprint density at radius 2 is 1.83 bits per heavy atom. The van der Waals surface area contributed by atoms with Gasteiger partial charge in [0.1, 0.15) is 6.61 Å². The Hall–Kier alpha value is -1.21. The van der Waals surface area contributed by atoms with Crippen LogP contribution >= 0.6 is 0 Å². The summed E-state index contributed by atoms with van der Waals surface area (Å²) in [6.45, 7) is -0.981. The van der Waals surface area contributed by atoms with Crippen LogP contribution in [0.15, 0.2) is 18.2 Å². The van der Waals surface area contributed by atoms with Gasteiger partial charge in [-0.05, 0) is 17.7 Å². The number of rotatable bonds is 6. The van der Waals surface area contributed by atoms with Crippen molar-refractivity contribution in [1.29, 1.82) is 0 Å². The monoisotopic (exact) mass is 269 g/mol. The van der Waals surface area contributed by atoms with Crippen LogP contribution in [0.5, 0.6) is 0 Å². The molecule has 0 heterocycles. The molecular weight excluding hydrogens is 257 g/mol. The first-order chi connectivity index (χ1) is 8.38. The van der Waals surface area contributed by atoms with E-state index in [2.05, 4.69) is 10.1 Å². The molecule has 7 heteroatoms. The summed E-state index contributed by atoms with van der Waals surface area (Å²) in [6.07, 6.45) is -4.33. The molecular formula is C11H12F5NO. The molecule has 0 amide bonds.